The molecule has 0 bridgehead atoms. The van der Waals surface area contributed by atoms with Crippen LogP contribution >= 0.6 is 15.9 Å². The van der Waals surface area contributed by atoms with Crippen molar-refractivity contribution in [1.82, 2.24) is 0 Å². The van der Waals surface area contributed by atoms with E-state index in [9.17, 15) is 9.59 Å². The van der Waals surface area contributed by atoms with E-state index in [2.05, 4.69) is 42.0 Å². The molecule has 0 aliphatic heterocycles. The van der Waals surface area contributed by atoms with E-state index in [-0.39, 0.29) is 11.0 Å². The molecular weight excluding hydrogens is 430 g/mol. The minimum Gasteiger partial charge on any atom is -0.460 e. The van der Waals surface area contributed by atoms with Crippen molar-refractivity contribution in [1.29, 1.82) is 0 Å². The minimum atomic E-state index is -0.401. The number of halogens is 1. The zero-order chi connectivity index (χ0) is 21.0. The quantitative estimate of drug-likeness (QED) is 0.456. The second kappa shape index (κ2) is 9.40. The van der Waals surface area contributed by atoms with Gasteiger partial charge in [-0.2, -0.15) is 0 Å². The lowest BCUT2D eigenvalue weighted by atomic mass is 10.0. The molecule has 0 saturated carbocycles. The molecule has 1 aromatic heterocycles. The molecule has 0 atom stereocenters. The summed E-state index contributed by atoms with van der Waals surface area (Å²) in [6.07, 6.45) is 3.94. The Labute approximate surface area is 179 Å². The maximum absolute atomic E-state index is 13.3. The van der Waals surface area contributed by atoms with Crippen LogP contribution in [0.3, 0.4) is 0 Å². The highest BCUT2D eigenvalue weighted by Gasteiger charge is 2.22. The Bertz CT molecular complexity index is 1080. The molecule has 3 aromatic rings. The van der Waals surface area contributed by atoms with Crippen LogP contribution in [-0.4, -0.2) is 5.91 Å². The van der Waals surface area contributed by atoms with Crippen molar-refractivity contribution in [2.24, 2.45) is 0 Å². The third-order valence-corrected chi connectivity index (χ3v) is 5.64. The third-order valence-electron chi connectivity index (χ3n) is 5.15. The molecule has 152 valence electrons. The first-order chi connectivity index (χ1) is 14.0. The van der Waals surface area contributed by atoms with Crippen molar-refractivity contribution >= 4 is 38.5 Å². The summed E-state index contributed by atoms with van der Waals surface area (Å²) >= 11 is 3.40. The van der Waals surface area contributed by atoms with Crippen LogP contribution in [0.5, 0.6) is 0 Å². The number of hydrogen-bond donors (Lipinski definition) is 1. The van der Waals surface area contributed by atoms with E-state index in [1.54, 1.807) is 12.1 Å². The molecule has 1 N–H and O–H groups in total. The number of para-hydroxylation sites is 1. The first-order valence-corrected chi connectivity index (χ1v) is 11.0. The number of fused-ring (bicyclic) bond motifs is 1. The molecule has 0 saturated heterocycles. The number of hydrogen-bond acceptors (Lipinski definition) is 3. The van der Waals surface area contributed by atoms with Gasteiger partial charge in [-0.25, -0.2) is 0 Å². The van der Waals surface area contributed by atoms with Crippen molar-refractivity contribution in [3.05, 3.63) is 73.5 Å². The van der Waals surface area contributed by atoms with Crippen LogP contribution in [0.1, 0.15) is 60.9 Å². The summed E-state index contributed by atoms with van der Waals surface area (Å²) in [6, 6.07) is 11.3. The summed E-state index contributed by atoms with van der Waals surface area (Å²) in [7, 11) is 0. The Hall–Kier alpha value is -2.40. The number of carbonyl (C=O) groups excluding carboxylic acids is 1. The Balaban J connectivity index is 2.14. The van der Waals surface area contributed by atoms with Gasteiger partial charge in [0.2, 0.25) is 5.43 Å². The van der Waals surface area contributed by atoms with Gasteiger partial charge < -0.3 is 9.73 Å². The molecule has 0 aliphatic rings. The van der Waals surface area contributed by atoms with Crippen molar-refractivity contribution in [2.75, 3.05) is 5.32 Å². The van der Waals surface area contributed by atoms with Crippen molar-refractivity contribution in [3.8, 4) is 0 Å². The highest BCUT2D eigenvalue weighted by molar-refractivity contribution is 9.10. The maximum atomic E-state index is 13.3. The number of benzene rings is 2. The first-order valence-electron chi connectivity index (χ1n) is 10.2. The summed E-state index contributed by atoms with van der Waals surface area (Å²) in [5.41, 5.74) is 3.24. The van der Waals surface area contributed by atoms with Gasteiger partial charge in [0.05, 0.1) is 5.39 Å². The van der Waals surface area contributed by atoms with Gasteiger partial charge in [-0.3, -0.25) is 9.59 Å². The number of rotatable bonds is 7. The number of nitrogens with one attached hydrogen (secondary N) is 1. The van der Waals surface area contributed by atoms with Gasteiger partial charge in [0, 0.05) is 16.6 Å². The molecule has 0 radical (unpaired) electrons. The fraction of sp³-hybridized carbons (Fsp3) is 0.333. The lowest BCUT2D eigenvalue weighted by Crippen LogP contribution is -2.25. The zero-order valence-electron chi connectivity index (χ0n) is 17.1. The van der Waals surface area contributed by atoms with Crippen molar-refractivity contribution in [3.63, 3.8) is 0 Å². The topological polar surface area (TPSA) is 59.3 Å². The van der Waals surface area contributed by atoms with Gasteiger partial charge in [-0.15, -0.1) is 0 Å². The Morgan fingerprint density at radius 3 is 2.38 bits per heavy atom. The van der Waals surface area contributed by atoms with Crippen LogP contribution < -0.4 is 10.7 Å². The highest BCUT2D eigenvalue weighted by atomic mass is 79.9. The molecule has 0 aliphatic carbocycles. The van der Waals surface area contributed by atoms with Crippen molar-refractivity contribution < 1.29 is 9.21 Å². The van der Waals surface area contributed by atoms with Crippen LogP contribution in [0.15, 0.2) is 50.1 Å². The molecule has 29 heavy (non-hydrogen) atoms. The maximum Gasteiger partial charge on any atom is 0.263 e. The molecule has 3 rings (SSSR count). The average Bonchev–Trinajstić information content (AvgIpc) is 2.72. The SMILES string of the molecule is CCCCc1oc2ccc(Br)cc2c(=O)c1C(=O)Nc1c(CC)cccc1CC. The zero-order valence-corrected chi connectivity index (χ0v) is 18.7. The number of amides is 1. The van der Waals surface area contributed by atoms with E-state index in [0.717, 1.165) is 47.0 Å². The largest absolute Gasteiger partial charge is 0.460 e. The first kappa shape index (κ1) is 21.3. The van der Waals surface area contributed by atoms with Gasteiger partial charge in [0.25, 0.3) is 5.91 Å². The monoisotopic (exact) mass is 455 g/mol. The summed E-state index contributed by atoms with van der Waals surface area (Å²) in [5.74, 6) is 0.0542. The van der Waals surface area contributed by atoms with E-state index >= 15 is 0 Å². The molecule has 4 nitrogen and oxygen atoms in total. The van der Waals surface area contributed by atoms with Gasteiger partial charge in [-0.05, 0) is 48.6 Å². The molecule has 0 fully saturated rings. The molecule has 0 unspecified atom stereocenters. The predicted octanol–water partition coefficient (Wildman–Crippen LogP) is 6.28. The van der Waals surface area contributed by atoms with E-state index < -0.39 is 5.91 Å². The van der Waals surface area contributed by atoms with E-state index in [1.807, 2.05) is 24.3 Å². The molecule has 5 heteroatoms. The number of anilines is 1. The number of aryl methyl sites for hydroxylation is 3. The predicted molar refractivity (Wildman–Crippen MR) is 122 cm³/mol. The van der Waals surface area contributed by atoms with E-state index in [0.29, 0.717) is 23.2 Å². The van der Waals surface area contributed by atoms with Crippen LogP contribution in [0, 0.1) is 0 Å². The summed E-state index contributed by atoms with van der Waals surface area (Å²) in [6.45, 7) is 6.18. The summed E-state index contributed by atoms with van der Waals surface area (Å²) in [4.78, 5) is 26.6. The van der Waals surface area contributed by atoms with Gasteiger partial charge in [0.1, 0.15) is 16.9 Å². The van der Waals surface area contributed by atoms with Crippen LogP contribution in [0.4, 0.5) is 5.69 Å². The second-order valence-electron chi connectivity index (χ2n) is 7.09. The minimum absolute atomic E-state index is 0.108. The van der Waals surface area contributed by atoms with Crippen LogP contribution in [-0.2, 0) is 19.3 Å². The van der Waals surface area contributed by atoms with Crippen LogP contribution in [0.2, 0.25) is 0 Å². The third kappa shape index (κ3) is 4.45. The second-order valence-corrected chi connectivity index (χ2v) is 8.00. The highest BCUT2D eigenvalue weighted by Crippen LogP contribution is 2.25. The number of carbonyl (C=O) groups is 1. The van der Waals surface area contributed by atoms with E-state index in [4.69, 9.17) is 4.42 Å². The fourth-order valence-electron chi connectivity index (χ4n) is 3.54. The molecular formula is C24H26BrNO3. The molecule has 2 aromatic carbocycles. The van der Waals surface area contributed by atoms with Crippen molar-refractivity contribution in [2.45, 2.75) is 52.9 Å². The normalized spacial score (nSPS) is 11.0. The summed E-state index contributed by atoms with van der Waals surface area (Å²) < 4.78 is 6.79. The molecule has 1 amide bonds. The van der Waals surface area contributed by atoms with E-state index in [1.165, 1.54) is 0 Å². The van der Waals surface area contributed by atoms with Gasteiger partial charge in [0.15, 0.2) is 0 Å². The number of unbranched alkanes of at least 4 members (excludes halogenated alkanes) is 1. The fourth-order valence-corrected chi connectivity index (χ4v) is 3.90. The lowest BCUT2D eigenvalue weighted by Gasteiger charge is -2.15. The Morgan fingerprint density at radius 2 is 1.76 bits per heavy atom. The Kier molecular flexibility index (Phi) is 6.91. The molecule has 1 heterocycles. The lowest BCUT2D eigenvalue weighted by molar-refractivity contribution is 0.102. The summed E-state index contributed by atoms with van der Waals surface area (Å²) in [5, 5.41) is 3.43. The Morgan fingerprint density at radius 1 is 1.07 bits per heavy atom. The standard InChI is InChI=1S/C24H26BrNO3/c1-4-7-11-20-21(23(27)18-14-17(25)12-13-19(18)29-20)24(28)26-22-15(5-2)9-8-10-16(22)6-3/h8-10,12-14H,4-7,11H2,1-3H3,(H,26,28). The molecule has 0 spiro atoms. The average molecular weight is 456 g/mol. The smallest absolute Gasteiger partial charge is 0.263 e. The van der Waals surface area contributed by atoms with Gasteiger partial charge >= 0.3 is 0 Å². The van der Waals surface area contributed by atoms with Gasteiger partial charge in [-0.1, -0.05) is 61.3 Å². The van der Waals surface area contributed by atoms with Crippen LogP contribution in [0.25, 0.3) is 11.0 Å².